The zero-order valence-corrected chi connectivity index (χ0v) is 14.5. The highest BCUT2D eigenvalue weighted by Crippen LogP contribution is 2.12. The number of halogens is 1. The highest BCUT2D eigenvalue weighted by Gasteiger charge is 2.32. The Morgan fingerprint density at radius 3 is 2.84 bits per heavy atom. The van der Waals surface area contributed by atoms with Crippen molar-refractivity contribution in [2.75, 3.05) is 20.1 Å². The third kappa shape index (κ3) is 3.90. The Kier molecular flexibility index (Phi) is 4.89. The second kappa shape index (κ2) is 7.10. The first kappa shape index (κ1) is 17.2. The number of hydrogen-bond donors (Lipinski definition) is 1. The Labute approximate surface area is 149 Å². The van der Waals surface area contributed by atoms with Gasteiger partial charge in [-0.05, 0) is 18.6 Å². The first-order valence-corrected chi connectivity index (χ1v) is 8.27. The number of rotatable bonds is 6. The number of imidazole rings is 1. The normalized spacial score (nSPS) is 14.6. The standard InChI is InChI=1S/C16H18ClN5O3/c1-20-10-15(24)22(16(20)25)6-2-3-14(23)18-7-12-9-21-8-11(17)4-5-13(21)19-12/h4-5,8-9H,2-3,6-7,10H2,1H3,(H,18,23). The number of aromatic nitrogens is 2. The van der Waals surface area contributed by atoms with Crippen LogP contribution in [0.4, 0.5) is 4.79 Å². The van der Waals surface area contributed by atoms with Gasteiger partial charge in [0.05, 0.1) is 17.3 Å². The maximum Gasteiger partial charge on any atom is 0.326 e. The molecule has 0 saturated carbocycles. The molecule has 132 valence electrons. The van der Waals surface area contributed by atoms with E-state index in [1.54, 1.807) is 36.0 Å². The molecule has 2 aromatic heterocycles. The number of nitrogens with one attached hydrogen (secondary N) is 1. The molecule has 0 bridgehead atoms. The minimum atomic E-state index is -0.311. The van der Waals surface area contributed by atoms with E-state index in [-0.39, 0.29) is 37.4 Å². The largest absolute Gasteiger partial charge is 0.350 e. The molecule has 0 unspecified atom stereocenters. The quantitative estimate of drug-likeness (QED) is 0.783. The van der Waals surface area contributed by atoms with Crippen molar-refractivity contribution < 1.29 is 14.4 Å². The monoisotopic (exact) mass is 363 g/mol. The van der Waals surface area contributed by atoms with Crippen molar-refractivity contribution in [3.05, 3.63) is 35.2 Å². The van der Waals surface area contributed by atoms with Crippen molar-refractivity contribution in [2.45, 2.75) is 19.4 Å². The number of imide groups is 1. The number of likely N-dealkylation sites (N-methyl/N-ethyl adjacent to an activating group) is 1. The van der Waals surface area contributed by atoms with Gasteiger partial charge in [0.25, 0.3) is 0 Å². The minimum Gasteiger partial charge on any atom is -0.350 e. The Bertz CT molecular complexity index is 834. The predicted molar refractivity (Wildman–Crippen MR) is 91.0 cm³/mol. The molecule has 1 aliphatic rings. The third-order valence-corrected chi connectivity index (χ3v) is 4.17. The molecule has 0 radical (unpaired) electrons. The second-order valence-electron chi connectivity index (χ2n) is 5.91. The molecular formula is C16H18ClN5O3. The van der Waals surface area contributed by atoms with Gasteiger partial charge in [-0.15, -0.1) is 0 Å². The fraction of sp³-hybridized carbons (Fsp3) is 0.375. The van der Waals surface area contributed by atoms with Gasteiger partial charge in [0.2, 0.25) is 11.8 Å². The minimum absolute atomic E-state index is 0.100. The summed E-state index contributed by atoms with van der Waals surface area (Å²) in [5.41, 5.74) is 1.48. The Morgan fingerprint density at radius 1 is 1.32 bits per heavy atom. The lowest BCUT2D eigenvalue weighted by Gasteiger charge is -2.13. The van der Waals surface area contributed by atoms with Crippen LogP contribution >= 0.6 is 11.6 Å². The third-order valence-electron chi connectivity index (χ3n) is 3.95. The van der Waals surface area contributed by atoms with Crippen molar-refractivity contribution in [1.29, 1.82) is 0 Å². The van der Waals surface area contributed by atoms with Gasteiger partial charge in [-0.2, -0.15) is 0 Å². The van der Waals surface area contributed by atoms with E-state index < -0.39 is 0 Å². The summed E-state index contributed by atoms with van der Waals surface area (Å²) in [5.74, 6) is -0.376. The summed E-state index contributed by atoms with van der Waals surface area (Å²) in [7, 11) is 1.58. The number of hydrogen-bond acceptors (Lipinski definition) is 4. The van der Waals surface area contributed by atoms with Crippen molar-refractivity contribution in [3.8, 4) is 0 Å². The molecule has 25 heavy (non-hydrogen) atoms. The molecule has 3 rings (SSSR count). The van der Waals surface area contributed by atoms with Crippen LogP contribution in [-0.4, -0.2) is 57.2 Å². The lowest BCUT2D eigenvalue weighted by Crippen LogP contribution is -2.33. The maximum absolute atomic E-state index is 11.9. The molecule has 0 spiro atoms. The lowest BCUT2D eigenvalue weighted by molar-refractivity contribution is -0.126. The molecule has 0 atom stereocenters. The zero-order chi connectivity index (χ0) is 18.0. The molecule has 1 aliphatic heterocycles. The van der Waals surface area contributed by atoms with Gasteiger partial charge in [-0.1, -0.05) is 11.6 Å². The average Bonchev–Trinajstić information content (AvgIpc) is 3.07. The predicted octanol–water partition coefficient (Wildman–Crippen LogP) is 1.28. The maximum atomic E-state index is 11.9. The van der Waals surface area contributed by atoms with E-state index in [1.807, 2.05) is 0 Å². The van der Waals surface area contributed by atoms with E-state index in [9.17, 15) is 14.4 Å². The Hall–Kier alpha value is -2.61. The van der Waals surface area contributed by atoms with Crippen LogP contribution in [0.5, 0.6) is 0 Å². The molecule has 9 heteroatoms. The van der Waals surface area contributed by atoms with Crippen molar-refractivity contribution in [1.82, 2.24) is 24.5 Å². The molecule has 0 aliphatic carbocycles. The first-order valence-electron chi connectivity index (χ1n) is 7.89. The molecular weight excluding hydrogens is 346 g/mol. The van der Waals surface area contributed by atoms with Crippen LogP contribution in [0.1, 0.15) is 18.5 Å². The van der Waals surface area contributed by atoms with E-state index in [2.05, 4.69) is 10.3 Å². The first-order chi connectivity index (χ1) is 11.9. The fourth-order valence-electron chi connectivity index (χ4n) is 2.67. The van der Waals surface area contributed by atoms with Crippen LogP contribution in [0.3, 0.4) is 0 Å². The number of amides is 4. The summed E-state index contributed by atoms with van der Waals surface area (Å²) in [5, 5.41) is 3.39. The van der Waals surface area contributed by atoms with Gasteiger partial charge < -0.3 is 14.6 Å². The average molecular weight is 364 g/mol. The second-order valence-corrected chi connectivity index (χ2v) is 6.35. The number of pyridine rings is 1. The summed E-state index contributed by atoms with van der Waals surface area (Å²) < 4.78 is 1.80. The van der Waals surface area contributed by atoms with Gasteiger partial charge in [0.1, 0.15) is 12.2 Å². The lowest BCUT2D eigenvalue weighted by atomic mass is 10.2. The van der Waals surface area contributed by atoms with Crippen LogP contribution in [0, 0.1) is 0 Å². The highest BCUT2D eigenvalue weighted by molar-refractivity contribution is 6.30. The van der Waals surface area contributed by atoms with Crippen molar-refractivity contribution in [2.24, 2.45) is 0 Å². The van der Waals surface area contributed by atoms with Gasteiger partial charge in [0, 0.05) is 32.4 Å². The van der Waals surface area contributed by atoms with Crippen molar-refractivity contribution in [3.63, 3.8) is 0 Å². The van der Waals surface area contributed by atoms with Crippen LogP contribution < -0.4 is 5.32 Å². The Morgan fingerprint density at radius 2 is 2.12 bits per heavy atom. The van der Waals surface area contributed by atoms with Crippen LogP contribution in [0.25, 0.3) is 5.65 Å². The van der Waals surface area contributed by atoms with E-state index >= 15 is 0 Å². The Balaban J connectivity index is 1.45. The van der Waals surface area contributed by atoms with E-state index in [4.69, 9.17) is 11.6 Å². The zero-order valence-electron chi connectivity index (χ0n) is 13.7. The number of nitrogens with zero attached hydrogens (tertiary/aromatic N) is 4. The topological polar surface area (TPSA) is 87.0 Å². The summed E-state index contributed by atoms with van der Waals surface area (Å²) in [6.07, 6.45) is 4.22. The van der Waals surface area contributed by atoms with Gasteiger partial charge >= 0.3 is 6.03 Å². The smallest absolute Gasteiger partial charge is 0.326 e. The summed E-state index contributed by atoms with van der Waals surface area (Å²) >= 11 is 5.92. The van der Waals surface area contributed by atoms with E-state index in [1.165, 1.54) is 9.80 Å². The summed E-state index contributed by atoms with van der Waals surface area (Å²) in [4.78, 5) is 42.2. The fourth-order valence-corrected chi connectivity index (χ4v) is 2.83. The SMILES string of the molecule is CN1CC(=O)N(CCCC(=O)NCc2cn3cc(Cl)ccc3n2)C1=O. The van der Waals surface area contributed by atoms with Gasteiger partial charge in [0.15, 0.2) is 0 Å². The molecule has 3 heterocycles. The number of fused-ring (bicyclic) bond motifs is 1. The molecule has 0 aromatic carbocycles. The molecule has 4 amide bonds. The highest BCUT2D eigenvalue weighted by atomic mass is 35.5. The van der Waals surface area contributed by atoms with Crippen LogP contribution in [0.2, 0.25) is 5.02 Å². The van der Waals surface area contributed by atoms with Gasteiger partial charge in [-0.3, -0.25) is 14.5 Å². The van der Waals surface area contributed by atoms with E-state index in [0.29, 0.717) is 18.0 Å². The number of carbonyl (C=O) groups excluding carboxylic acids is 3. The summed E-state index contributed by atoms with van der Waals surface area (Å²) in [6.45, 7) is 0.660. The van der Waals surface area contributed by atoms with Crippen LogP contribution in [-0.2, 0) is 16.1 Å². The molecule has 1 fully saturated rings. The molecule has 1 N–H and O–H groups in total. The summed E-state index contributed by atoms with van der Waals surface area (Å²) in [6, 6.07) is 3.24. The molecule has 8 nitrogen and oxygen atoms in total. The van der Waals surface area contributed by atoms with Gasteiger partial charge in [-0.25, -0.2) is 9.78 Å². The van der Waals surface area contributed by atoms with Crippen LogP contribution in [0.15, 0.2) is 24.5 Å². The number of urea groups is 1. The number of carbonyl (C=O) groups is 3. The molecule has 1 saturated heterocycles. The van der Waals surface area contributed by atoms with Crippen molar-refractivity contribution >= 4 is 35.1 Å². The van der Waals surface area contributed by atoms with E-state index in [0.717, 1.165) is 11.3 Å². The molecule has 2 aromatic rings.